The first-order chi connectivity index (χ1) is 9.53. The highest BCUT2D eigenvalue weighted by atomic mass is 35.5. The predicted molar refractivity (Wildman–Crippen MR) is 77.0 cm³/mol. The van der Waals surface area contributed by atoms with Crippen LogP contribution in [0.25, 0.3) is 0 Å². The average Bonchev–Trinajstić information content (AvgIpc) is 3.22. The fourth-order valence-electron chi connectivity index (χ4n) is 1.73. The van der Waals surface area contributed by atoms with Crippen molar-refractivity contribution in [2.24, 2.45) is 0 Å². The molecule has 1 fully saturated rings. The van der Waals surface area contributed by atoms with Crippen LogP contribution in [0.15, 0.2) is 23.1 Å². The third-order valence-electron chi connectivity index (χ3n) is 3.03. The van der Waals surface area contributed by atoms with Gasteiger partial charge in [0.15, 0.2) is 0 Å². The Labute approximate surface area is 124 Å². The van der Waals surface area contributed by atoms with Crippen molar-refractivity contribution >= 4 is 21.6 Å². The summed E-state index contributed by atoms with van der Waals surface area (Å²) in [5, 5.41) is 12.2. The molecule has 5 nitrogen and oxygen atoms in total. The monoisotopic (exact) mass is 313 g/mol. The third kappa shape index (κ3) is 4.18. The molecule has 1 aromatic rings. The molecule has 1 aliphatic carbocycles. The Balaban J connectivity index is 1.88. The van der Waals surface area contributed by atoms with E-state index in [-0.39, 0.29) is 15.5 Å². The number of hydrogen-bond donors (Lipinski definition) is 2. The van der Waals surface area contributed by atoms with Crippen LogP contribution < -0.4 is 10.0 Å². The SMILES string of the molecule is N#Cc1ccc(S(=O)(=O)NCCCNC2CC2)cc1Cl. The smallest absolute Gasteiger partial charge is 0.240 e. The predicted octanol–water partition coefficient (Wildman–Crippen LogP) is 1.63. The fraction of sp³-hybridized carbons (Fsp3) is 0.462. The Morgan fingerprint density at radius 2 is 2.10 bits per heavy atom. The quantitative estimate of drug-likeness (QED) is 0.750. The van der Waals surface area contributed by atoms with Gasteiger partial charge in [-0.05, 0) is 44.0 Å². The Hall–Kier alpha value is -1.13. The van der Waals surface area contributed by atoms with Crippen LogP contribution in [0, 0.1) is 11.3 Å². The van der Waals surface area contributed by atoms with Gasteiger partial charge in [0, 0.05) is 12.6 Å². The van der Waals surface area contributed by atoms with Crippen molar-refractivity contribution in [2.75, 3.05) is 13.1 Å². The Morgan fingerprint density at radius 1 is 1.35 bits per heavy atom. The number of nitrogens with one attached hydrogen (secondary N) is 2. The number of hydrogen-bond acceptors (Lipinski definition) is 4. The Bertz CT molecular complexity index is 621. The number of nitriles is 1. The summed E-state index contributed by atoms with van der Waals surface area (Å²) in [6, 6.07) is 6.61. The molecule has 0 unspecified atom stereocenters. The van der Waals surface area contributed by atoms with Crippen LogP contribution in [0.3, 0.4) is 0 Å². The van der Waals surface area contributed by atoms with Crippen LogP contribution >= 0.6 is 11.6 Å². The molecule has 0 aromatic heterocycles. The number of benzene rings is 1. The second-order valence-electron chi connectivity index (χ2n) is 4.73. The van der Waals surface area contributed by atoms with Gasteiger partial charge in [-0.3, -0.25) is 0 Å². The van der Waals surface area contributed by atoms with Crippen molar-refractivity contribution in [3.8, 4) is 6.07 Å². The summed E-state index contributed by atoms with van der Waals surface area (Å²) in [6.45, 7) is 1.18. The average molecular weight is 314 g/mol. The second kappa shape index (κ2) is 6.55. The summed E-state index contributed by atoms with van der Waals surface area (Å²) in [5.74, 6) is 0. The molecule has 7 heteroatoms. The lowest BCUT2D eigenvalue weighted by Gasteiger charge is -2.08. The van der Waals surface area contributed by atoms with Gasteiger partial charge in [-0.1, -0.05) is 11.6 Å². The van der Waals surface area contributed by atoms with E-state index in [2.05, 4.69) is 10.0 Å². The summed E-state index contributed by atoms with van der Waals surface area (Å²) in [6.07, 6.45) is 3.17. The topological polar surface area (TPSA) is 82.0 Å². The first-order valence-corrected chi connectivity index (χ1v) is 8.32. The van der Waals surface area contributed by atoms with Gasteiger partial charge in [0.1, 0.15) is 6.07 Å². The number of halogens is 1. The van der Waals surface area contributed by atoms with Gasteiger partial charge in [-0.25, -0.2) is 13.1 Å². The fourth-order valence-corrected chi connectivity index (χ4v) is 3.11. The van der Waals surface area contributed by atoms with Crippen molar-refractivity contribution in [1.82, 2.24) is 10.0 Å². The minimum atomic E-state index is -3.56. The zero-order valence-corrected chi connectivity index (χ0v) is 12.5. The second-order valence-corrected chi connectivity index (χ2v) is 6.91. The van der Waals surface area contributed by atoms with E-state index in [4.69, 9.17) is 16.9 Å². The zero-order valence-electron chi connectivity index (χ0n) is 10.9. The summed E-state index contributed by atoms with van der Waals surface area (Å²) in [4.78, 5) is 0.0802. The summed E-state index contributed by atoms with van der Waals surface area (Å²) >= 11 is 5.84. The maximum absolute atomic E-state index is 12.0. The molecule has 0 radical (unpaired) electrons. The van der Waals surface area contributed by atoms with Crippen molar-refractivity contribution in [1.29, 1.82) is 5.26 Å². The van der Waals surface area contributed by atoms with E-state index in [1.807, 2.05) is 6.07 Å². The van der Waals surface area contributed by atoms with Crippen LogP contribution in [-0.2, 0) is 10.0 Å². The number of nitrogens with zero attached hydrogens (tertiary/aromatic N) is 1. The van der Waals surface area contributed by atoms with E-state index in [0.717, 1.165) is 13.0 Å². The molecule has 0 aliphatic heterocycles. The molecule has 0 amide bonds. The van der Waals surface area contributed by atoms with Crippen LogP contribution in [-0.4, -0.2) is 27.5 Å². The molecule has 1 aliphatic rings. The lowest BCUT2D eigenvalue weighted by Crippen LogP contribution is -2.28. The lowest BCUT2D eigenvalue weighted by atomic mass is 10.2. The highest BCUT2D eigenvalue weighted by Gasteiger charge is 2.20. The zero-order chi connectivity index (χ0) is 14.6. The van der Waals surface area contributed by atoms with Crippen LogP contribution in [0.5, 0.6) is 0 Å². The van der Waals surface area contributed by atoms with Crippen molar-refractivity contribution < 1.29 is 8.42 Å². The molecule has 108 valence electrons. The van der Waals surface area contributed by atoms with E-state index < -0.39 is 10.0 Å². The van der Waals surface area contributed by atoms with Gasteiger partial charge >= 0.3 is 0 Å². The van der Waals surface area contributed by atoms with Crippen molar-refractivity contribution in [3.63, 3.8) is 0 Å². The molecule has 0 heterocycles. The molecular formula is C13H16ClN3O2S. The molecule has 0 bridgehead atoms. The molecule has 0 atom stereocenters. The maximum atomic E-state index is 12.0. The minimum Gasteiger partial charge on any atom is -0.314 e. The van der Waals surface area contributed by atoms with E-state index in [9.17, 15) is 8.42 Å². The highest BCUT2D eigenvalue weighted by Crippen LogP contribution is 2.20. The van der Waals surface area contributed by atoms with Gasteiger partial charge in [0.2, 0.25) is 10.0 Å². The number of rotatable bonds is 7. The maximum Gasteiger partial charge on any atom is 0.240 e. The van der Waals surface area contributed by atoms with E-state index in [0.29, 0.717) is 12.6 Å². The molecule has 0 spiro atoms. The Kier molecular flexibility index (Phi) is 5.00. The summed E-state index contributed by atoms with van der Waals surface area (Å²) < 4.78 is 26.6. The van der Waals surface area contributed by atoms with Crippen molar-refractivity contribution in [2.45, 2.75) is 30.2 Å². The molecular weight excluding hydrogens is 298 g/mol. The van der Waals surface area contributed by atoms with E-state index >= 15 is 0 Å². The van der Waals surface area contributed by atoms with Crippen LogP contribution in [0.4, 0.5) is 0 Å². The third-order valence-corrected chi connectivity index (χ3v) is 4.80. The molecule has 20 heavy (non-hydrogen) atoms. The summed E-state index contributed by atoms with van der Waals surface area (Å²) in [7, 11) is -3.56. The van der Waals surface area contributed by atoms with Gasteiger partial charge in [-0.15, -0.1) is 0 Å². The van der Waals surface area contributed by atoms with E-state index in [1.165, 1.54) is 31.0 Å². The first kappa shape index (κ1) is 15.3. The molecule has 1 saturated carbocycles. The van der Waals surface area contributed by atoms with Gasteiger partial charge in [0.05, 0.1) is 15.5 Å². The first-order valence-electron chi connectivity index (χ1n) is 6.45. The standard InChI is InChI=1S/C13H16ClN3O2S/c14-13-8-12(5-2-10(13)9-15)20(18,19)17-7-1-6-16-11-3-4-11/h2,5,8,11,16-17H,1,3-4,6-7H2. The van der Waals surface area contributed by atoms with Gasteiger partial charge < -0.3 is 5.32 Å². The highest BCUT2D eigenvalue weighted by molar-refractivity contribution is 7.89. The largest absolute Gasteiger partial charge is 0.314 e. The molecule has 0 saturated heterocycles. The van der Waals surface area contributed by atoms with Crippen molar-refractivity contribution in [3.05, 3.63) is 28.8 Å². The normalized spacial score (nSPS) is 15.0. The Morgan fingerprint density at radius 3 is 2.70 bits per heavy atom. The van der Waals surface area contributed by atoms with Gasteiger partial charge in [0.25, 0.3) is 0 Å². The molecule has 2 rings (SSSR count). The summed E-state index contributed by atoms with van der Waals surface area (Å²) in [5.41, 5.74) is 0.263. The van der Waals surface area contributed by atoms with Crippen LogP contribution in [0.1, 0.15) is 24.8 Å². The van der Waals surface area contributed by atoms with E-state index in [1.54, 1.807) is 0 Å². The van der Waals surface area contributed by atoms with Gasteiger partial charge in [-0.2, -0.15) is 5.26 Å². The van der Waals surface area contributed by atoms with Crippen LogP contribution in [0.2, 0.25) is 5.02 Å². The minimum absolute atomic E-state index is 0.0802. The lowest BCUT2D eigenvalue weighted by molar-refractivity contribution is 0.573. The molecule has 2 N–H and O–H groups in total. The molecule has 1 aromatic carbocycles. The number of sulfonamides is 1.